The lowest BCUT2D eigenvalue weighted by Gasteiger charge is -2.26. The molecule has 1 aromatic rings. The van der Waals surface area contributed by atoms with E-state index in [1.165, 1.54) is 30.2 Å². The maximum Gasteiger partial charge on any atom is 0.267 e. The second kappa shape index (κ2) is 7.22. The number of hydrogen-bond acceptors (Lipinski definition) is 1. The summed E-state index contributed by atoms with van der Waals surface area (Å²) in [6, 6.07) is 9.11. The highest BCUT2D eigenvalue weighted by Crippen LogP contribution is 2.26. The van der Waals surface area contributed by atoms with Crippen molar-refractivity contribution < 1.29 is 0 Å². The number of anilines is 1. The lowest BCUT2D eigenvalue weighted by atomic mass is 10.2. The maximum atomic E-state index is 2.51. The highest BCUT2D eigenvalue weighted by atomic mass is 27.2. The van der Waals surface area contributed by atoms with E-state index < -0.39 is 14.1 Å². The van der Waals surface area contributed by atoms with Crippen LogP contribution in [0, 0.1) is 0 Å². The van der Waals surface area contributed by atoms with Crippen molar-refractivity contribution in [1.29, 1.82) is 0 Å². The Hall–Kier alpha value is -0.448. The fourth-order valence-corrected chi connectivity index (χ4v) is 6.65. The van der Waals surface area contributed by atoms with Gasteiger partial charge in [0.1, 0.15) is 0 Å². The average molecular weight is 259 g/mol. The summed E-state index contributed by atoms with van der Waals surface area (Å²) in [5, 5.41) is 4.58. The molecule has 0 bridgehead atoms. The first-order valence-corrected chi connectivity index (χ1v) is 10.1. The zero-order valence-electron chi connectivity index (χ0n) is 12.0. The van der Waals surface area contributed by atoms with Crippen LogP contribution < -0.4 is 4.90 Å². The third-order valence-electron chi connectivity index (χ3n) is 4.33. The number of rotatable bonds is 5. The van der Waals surface area contributed by atoms with Crippen LogP contribution >= 0.6 is 0 Å². The summed E-state index contributed by atoms with van der Waals surface area (Å²) in [6.45, 7) is 6.77. The quantitative estimate of drug-likeness (QED) is 0.713. The van der Waals surface area contributed by atoms with Gasteiger partial charge in [-0.25, -0.2) is 0 Å². The van der Waals surface area contributed by atoms with Gasteiger partial charge in [-0.15, -0.1) is 0 Å². The zero-order valence-corrected chi connectivity index (χ0v) is 13.1. The molecule has 1 saturated heterocycles. The summed E-state index contributed by atoms with van der Waals surface area (Å²) in [5.74, 6) is 0. The molecule has 0 amide bonds. The second-order valence-corrected chi connectivity index (χ2v) is 8.80. The predicted octanol–water partition coefficient (Wildman–Crippen LogP) is 4.29. The molecule has 0 spiro atoms. The van der Waals surface area contributed by atoms with Crippen LogP contribution in [0.1, 0.15) is 38.7 Å². The van der Waals surface area contributed by atoms with Crippen LogP contribution in [0.15, 0.2) is 24.3 Å². The van der Waals surface area contributed by atoms with Crippen LogP contribution in [0.5, 0.6) is 0 Å². The van der Waals surface area contributed by atoms with Crippen molar-refractivity contribution in [3.8, 4) is 0 Å². The summed E-state index contributed by atoms with van der Waals surface area (Å²) < 4.78 is 0. The molecule has 1 heterocycles. The normalized spacial score (nSPS) is 15.8. The maximum absolute atomic E-state index is 2.51. The van der Waals surface area contributed by atoms with Gasteiger partial charge in [0, 0.05) is 18.8 Å². The molecule has 2 rings (SSSR count). The standard InChI is InChI=1S/C11H16N.C5H10.Al/c1-4-12(5-2)11-9-7-6-8-10(11)3;1-3-5-4-2;/h6-9H,3-5H2,1-2H3;1-5H2;. The Morgan fingerprint density at radius 3 is 2.33 bits per heavy atom. The van der Waals surface area contributed by atoms with E-state index in [0.29, 0.717) is 0 Å². The molecule has 1 aliphatic heterocycles. The van der Waals surface area contributed by atoms with Gasteiger partial charge in [-0.1, -0.05) is 53.3 Å². The fourth-order valence-electron chi connectivity index (χ4n) is 3.26. The van der Waals surface area contributed by atoms with E-state index in [1.807, 2.05) is 0 Å². The molecule has 0 unspecified atom stereocenters. The summed E-state index contributed by atoms with van der Waals surface area (Å²) in [5.41, 5.74) is 3.13. The molecule has 18 heavy (non-hydrogen) atoms. The van der Waals surface area contributed by atoms with Gasteiger partial charge in [0.25, 0.3) is 14.1 Å². The lowest BCUT2D eigenvalue weighted by molar-refractivity contribution is 0.719. The minimum atomic E-state index is -0.471. The summed E-state index contributed by atoms with van der Waals surface area (Å²) in [7, 11) is 0. The molecule has 1 nitrogen and oxygen atoms in total. The van der Waals surface area contributed by atoms with E-state index >= 15 is 0 Å². The van der Waals surface area contributed by atoms with E-state index in [-0.39, 0.29) is 0 Å². The molecule has 0 aliphatic carbocycles. The minimum Gasteiger partial charge on any atom is -0.372 e. The first-order chi connectivity index (χ1) is 8.85. The molecule has 98 valence electrons. The molecule has 0 radical (unpaired) electrons. The minimum absolute atomic E-state index is 0.471. The second-order valence-electron chi connectivity index (χ2n) is 5.51. The highest BCUT2D eigenvalue weighted by Gasteiger charge is 2.22. The first-order valence-electron chi connectivity index (χ1n) is 7.68. The number of para-hydroxylation sites is 1. The Morgan fingerprint density at radius 2 is 1.67 bits per heavy atom. The van der Waals surface area contributed by atoms with Crippen molar-refractivity contribution >= 4 is 19.8 Å². The summed E-state index contributed by atoms with van der Waals surface area (Å²) in [6.07, 6.45) is 4.50. The Balaban J connectivity index is 2.10. The molecular weight excluding hydrogens is 233 g/mol. The molecule has 0 atom stereocenters. The van der Waals surface area contributed by atoms with Crippen LogP contribution in [-0.2, 0) is 5.28 Å². The Labute approximate surface area is 117 Å². The van der Waals surface area contributed by atoms with Crippen LogP contribution in [-0.4, -0.2) is 27.2 Å². The van der Waals surface area contributed by atoms with Gasteiger partial charge >= 0.3 is 0 Å². The third-order valence-corrected chi connectivity index (χ3v) is 7.80. The first kappa shape index (κ1) is 14.0. The van der Waals surface area contributed by atoms with Crippen molar-refractivity contribution in [2.45, 2.75) is 49.0 Å². The molecule has 1 fully saturated rings. The molecule has 2 heteroatoms. The Bertz CT molecular complexity index is 354. The monoisotopic (exact) mass is 259 g/mol. The molecule has 0 N–H and O–H groups in total. The smallest absolute Gasteiger partial charge is 0.267 e. The van der Waals surface area contributed by atoms with Crippen molar-refractivity contribution in [3.63, 3.8) is 0 Å². The zero-order chi connectivity index (χ0) is 12.8. The third kappa shape index (κ3) is 3.53. The van der Waals surface area contributed by atoms with E-state index in [2.05, 4.69) is 43.0 Å². The molecular formula is C16H26AlN. The lowest BCUT2D eigenvalue weighted by Crippen LogP contribution is -2.25. The van der Waals surface area contributed by atoms with Crippen LogP contribution in [0.3, 0.4) is 0 Å². The van der Waals surface area contributed by atoms with Gasteiger partial charge in [0.05, 0.1) is 0 Å². The average Bonchev–Trinajstić information content (AvgIpc) is 2.43. The molecule has 0 aromatic heterocycles. The van der Waals surface area contributed by atoms with Crippen molar-refractivity contribution in [3.05, 3.63) is 29.8 Å². The molecule has 1 aromatic carbocycles. The van der Waals surface area contributed by atoms with Crippen molar-refractivity contribution in [2.24, 2.45) is 0 Å². The summed E-state index contributed by atoms with van der Waals surface area (Å²) in [4.78, 5) is 2.51. The van der Waals surface area contributed by atoms with E-state index in [9.17, 15) is 0 Å². The largest absolute Gasteiger partial charge is 0.372 e. The van der Waals surface area contributed by atoms with Gasteiger partial charge in [-0.2, -0.15) is 0 Å². The van der Waals surface area contributed by atoms with Gasteiger partial charge in [-0.05, 0) is 25.5 Å². The van der Waals surface area contributed by atoms with Crippen LogP contribution in [0.4, 0.5) is 5.69 Å². The van der Waals surface area contributed by atoms with Crippen molar-refractivity contribution in [1.82, 2.24) is 0 Å². The van der Waals surface area contributed by atoms with Crippen LogP contribution in [0.2, 0.25) is 10.6 Å². The highest BCUT2D eigenvalue weighted by molar-refractivity contribution is 6.58. The predicted molar refractivity (Wildman–Crippen MR) is 82.9 cm³/mol. The van der Waals surface area contributed by atoms with Gasteiger partial charge < -0.3 is 4.90 Å². The number of nitrogens with zero attached hydrogens (tertiary/aromatic N) is 1. The number of benzene rings is 1. The van der Waals surface area contributed by atoms with Gasteiger partial charge in [0.2, 0.25) is 0 Å². The SMILES string of the molecule is CCN(CC)c1ccccc1[CH2][Al]1[CH2]CCC[CH2]1. The topological polar surface area (TPSA) is 3.24 Å². The van der Waals surface area contributed by atoms with Crippen molar-refractivity contribution in [2.75, 3.05) is 18.0 Å². The Kier molecular flexibility index (Phi) is 5.60. The Morgan fingerprint density at radius 1 is 1.00 bits per heavy atom. The van der Waals surface area contributed by atoms with E-state index in [1.54, 1.807) is 16.1 Å². The van der Waals surface area contributed by atoms with Gasteiger partial charge in [-0.3, -0.25) is 0 Å². The molecule has 0 saturated carbocycles. The van der Waals surface area contributed by atoms with E-state index in [4.69, 9.17) is 0 Å². The van der Waals surface area contributed by atoms with E-state index in [0.717, 1.165) is 13.1 Å². The van der Waals surface area contributed by atoms with Gasteiger partial charge in [0.15, 0.2) is 0 Å². The molecule has 1 aliphatic rings. The van der Waals surface area contributed by atoms with Crippen LogP contribution in [0.25, 0.3) is 0 Å². The summed E-state index contributed by atoms with van der Waals surface area (Å²) >= 11 is -0.471. The number of hydrogen-bond donors (Lipinski definition) is 0. The fraction of sp³-hybridized carbons (Fsp3) is 0.625.